The molecule has 1 atom stereocenters. The quantitative estimate of drug-likeness (QED) is 0.791. The first-order valence-corrected chi connectivity index (χ1v) is 9.68. The summed E-state index contributed by atoms with van der Waals surface area (Å²) in [6, 6.07) is 1.47. The van der Waals surface area contributed by atoms with E-state index in [9.17, 15) is 0 Å². The zero-order chi connectivity index (χ0) is 15.7. The van der Waals surface area contributed by atoms with Crippen molar-refractivity contribution in [3.8, 4) is 0 Å². The highest BCUT2D eigenvalue weighted by Crippen LogP contribution is 2.41. The molecule has 3 fully saturated rings. The lowest BCUT2D eigenvalue weighted by atomic mass is 9.77. The van der Waals surface area contributed by atoms with Crippen LogP contribution in [0.3, 0.4) is 0 Å². The maximum atomic E-state index is 2.78. The zero-order valence-electron chi connectivity index (χ0n) is 15.4. The molecule has 1 spiro atoms. The number of hydrogen-bond donors (Lipinski definition) is 0. The van der Waals surface area contributed by atoms with Gasteiger partial charge >= 0.3 is 0 Å². The van der Waals surface area contributed by atoms with Crippen LogP contribution < -0.4 is 0 Å². The maximum Gasteiger partial charge on any atom is 0.00421 e. The van der Waals surface area contributed by atoms with Gasteiger partial charge in [-0.25, -0.2) is 0 Å². The summed E-state index contributed by atoms with van der Waals surface area (Å²) in [5.41, 5.74) is 0.667. The van der Waals surface area contributed by atoms with Gasteiger partial charge in [0.1, 0.15) is 0 Å². The van der Waals surface area contributed by atoms with Crippen LogP contribution >= 0.6 is 0 Å². The molecule has 0 aromatic heterocycles. The highest BCUT2D eigenvalue weighted by Gasteiger charge is 2.41. The molecule has 22 heavy (non-hydrogen) atoms. The smallest absolute Gasteiger partial charge is 0.00421 e. The summed E-state index contributed by atoms with van der Waals surface area (Å²) in [4.78, 5) is 8.14. The molecule has 1 unspecified atom stereocenters. The average molecular weight is 308 g/mol. The summed E-state index contributed by atoms with van der Waals surface area (Å²) in [5.74, 6) is 0.923. The molecular formula is C19H37N3. The second kappa shape index (κ2) is 6.78. The number of hydrogen-bond acceptors (Lipinski definition) is 3. The van der Waals surface area contributed by atoms with E-state index in [4.69, 9.17) is 0 Å². The van der Waals surface area contributed by atoms with Crippen LogP contribution in [0.4, 0.5) is 0 Å². The maximum absolute atomic E-state index is 2.78. The molecule has 0 radical (unpaired) electrons. The molecular weight excluding hydrogens is 270 g/mol. The van der Waals surface area contributed by atoms with Gasteiger partial charge in [-0.05, 0) is 90.9 Å². The van der Waals surface area contributed by atoms with Gasteiger partial charge in [0.05, 0.1) is 0 Å². The van der Waals surface area contributed by atoms with E-state index in [1.54, 1.807) is 0 Å². The molecule has 0 aliphatic carbocycles. The molecule has 0 bridgehead atoms. The van der Waals surface area contributed by atoms with Gasteiger partial charge in [0, 0.05) is 31.7 Å². The van der Waals surface area contributed by atoms with Crippen LogP contribution in [0.15, 0.2) is 0 Å². The molecule has 0 saturated carbocycles. The fourth-order valence-electron chi connectivity index (χ4n) is 4.87. The van der Waals surface area contributed by atoms with Gasteiger partial charge < -0.3 is 14.7 Å². The van der Waals surface area contributed by atoms with Crippen molar-refractivity contribution in [1.82, 2.24) is 14.7 Å². The van der Waals surface area contributed by atoms with Crippen molar-refractivity contribution < 1.29 is 0 Å². The van der Waals surface area contributed by atoms with Crippen molar-refractivity contribution in [3.05, 3.63) is 0 Å². The lowest BCUT2D eigenvalue weighted by Gasteiger charge is -2.40. The Labute approximate surface area is 138 Å². The summed E-state index contributed by atoms with van der Waals surface area (Å²) in [7, 11) is 0. The largest absolute Gasteiger partial charge is 0.303 e. The zero-order valence-corrected chi connectivity index (χ0v) is 15.4. The summed E-state index contributed by atoms with van der Waals surface area (Å²) in [5, 5.41) is 0. The van der Waals surface area contributed by atoms with Gasteiger partial charge in [0.2, 0.25) is 0 Å². The third kappa shape index (κ3) is 3.68. The fourth-order valence-corrected chi connectivity index (χ4v) is 4.87. The molecule has 3 saturated heterocycles. The van der Waals surface area contributed by atoms with E-state index in [1.165, 1.54) is 71.5 Å². The Bertz CT molecular complexity index is 358. The van der Waals surface area contributed by atoms with Crippen LogP contribution in [0.1, 0.15) is 53.4 Å². The summed E-state index contributed by atoms with van der Waals surface area (Å²) in [6.45, 7) is 18.8. The van der Waals surface area contributed by atoms with Gasteiger partial charge in [-0.2, -0.15) is 0 Å². The predicted octanol–water partition coefficient (Wildman–Crippen LogP) is 2.91. The lowest BCUT2D eigenvalue weighted by Crippen LogP contribution is -2.44. The molecule has 3 heterocycles. The van der Waals surface area contributed by atoms with Crippen LogP contribution in [0.5, 0.6) is 0 Å². The fraction of sp³-hybridized carbons (Fsp3) is 1.00. The van der Waals surface area contributed by atoms with Crippen molar-refractivity contribution in [2.24, 2.45) is 11.3 Å². The van der Waals surface area contributed by atoms with E-state index < -0.39 is 0 Å². The number of nitrogens with zero attached hydrogens (tertiary/aromatic N) is 3. The standard InChI is InChI=1S/C19H37N3/c1-16(2)21-9-5-18(14-21)13-20-10-6-19(7-11-20)8-12-22(15-19)17(3)4/h16-18H,5-15H2,1-4H3. The van der Waals surface area contributed by atoms with Gasteiger partial charge in [0.25, 0.3) is 0 Å². The van der Waals surface area contributed by atoms with E-state index in [2.05, 4.69) is 42.4 Å². The first kappa shape index (κ1) is 16.7. The van der Waals surface area contributed by atoms with E-state index in [0.717, 1.165) is 18.0 Å². The lowest BCUT2D eigenvalue weighted by molar-refractivity contribution is 0.0918. The molecule has 0 aromatic carbocycles. The number of likely N-dealkylation sites (tertiary alicyclic amines) is 3. The first-order valence-electron chi connectivity index (χ1n) is 9.68. The van der Waals surface area contributed by atoms with Crippen molar-refractivity contribution in [2.75, 3.05) is 45.8 Å². The molecule has 3 aliphatic rings. The number of piperidine rings is 1. The van der Waals surface area contributed by atoms with Crippen molar-refractivity contribution in [1.29, 1.82) is 0 Å². The molecule has 128 valence electrons. The Morgan fingerprint density at radius 3 is 2.05 bits per heavy atom. The normalized spacial score (nSPS) is 31.1. The predicted molar refractivity (Wildman–Crippen MR) is 94.2 cm³/mol. The van der Waals surface area contributed by atoms with Gasteiger partial charge in [-0.15, -0.1) is 0 Å². The Balaban J connectivity index is 1.43. The molecule has 3 nitrogen and oxygen atoms in total. The average Bonchev–Trinajstić information content (AvgIpc) is 3.09. The van der Waals surface area contributed by atoms with Gasteiger partial charge in [-0.1, -0.05) is 0 Å². The minimum atomic E-state index is 0.667. The van der Waals surface area contributed by atoms with Crippen LogP contribution in [-0.2, 0) is 0 Å². The van der Waals surface area contributed by atoms with Crippen LogP contribution in [0.2, 0.25) is 0 Å². The Morgan fingerprint density at radius 2 is 1.50 bits per heavy atom. The van der Waals surface area contributed by atoms with Gasteiger partial charge in [-0.3, -0.25) is 0 Å². The van der Waals surface area contributed by atoms with E-state index in [0.29, 0.717) is 5.41 Å². The Hall–Kier alpha value is -0.120. The number of rotatable bonds is 4. The molecule has 3 aliphatic heterocycles. The van der Waals surface area contributed by atoms with Crippen LogP contribution in [0, 0.1) is 11.3 Å². The van der Waals surface area contributed by atoms with Crippen molar-refractivity contribution in [2.45, 2.75) is 65.5 Å². The third-order valence-corrected chi connectivity index (χ3v) is 6.68. The van der Waals surface area contributed by atoms with Crippen molar-refractivity contribution >= 4 is 0 Å². The SMILES string of the molecule is CC(C)N1CCC(CN2CCC3(CC2)CCN(C(C)C)C3)C1. The van der Waals surface area contributed by atoms with E-state index >= 15 is 0 Å². The molecule has 3 rings (SSSR count). The van der Waals surface area contributed by atoms with E-state index in [-0.39, 0.29) is 0 Å². The Kier molecular flexibility index (Phi) is 5.16. The molecule has 0 aromatic rings. The third-order valence-electron chi connectivity index (χ3n) is 6.68. The molecule has 3 heteroatoms. The second-order valence-corrected chi connectivity index (χ2v) is 8.86. The topological polar surface area (TPSA) is 9.72 Å². The monoisotopic (exact) mass is 307 g/mol. The van der Waals surface area contributed by atoms with Crippen molar-refractivity contribution in [3.63, 3.8) is 0 Å². The van der Waals surface area contributed by atoms with E-state index in [1.807, 2.05) is 0 Å². The summed E-state index contributed by atoms with van der Waals surface area (Å²) in [6.07, 6.45) is 5.75. The first-order chi connectivity index (χ1) is 10.5. The molecule has 0 N–H and O–H groups in total. The Morgan fingerprint density at radius 1 is 0.864 bits per heavy atom. The highest BCUT2D eigenvalue weighted by atomic mass is 15.2. The second-order valence-electron chi connectivity index (χ2n) is 8.86. The molecule has 0 amide bonds. The highest BCUT2D eigenvalue weighted by molar-refractivity contribution is 4.95. The summed E-state index contributed by atoms with van der Waals surface area (Å²) >= 11 is 0. The minimum absolute atomic E-state index is 0.667. The summed E-state index contributed by atoms with van der Waals surface area (Å²) < 4.78 is 0. The minimum Gasteiger partial charge on any atom is -0.303 e. The van der Waals surface area contributed by atoms with Crippen LogP contribution in [0.25, 0.3) is 0 Å². The van der Waals surface area contributed by atoms with Crippen LogP contribution in [-0.4, -0.2) is 72.6 Å². The van der Waals surface area contributed by atoms with Gasteiger partial charge in [0.15, 0.2) is 0 Å².